The van der Waals surface area contributed by atoms with Crippen LogP contribution in [0.3, 0.4) is 0 Å². The summed E-state index contributed by atoms with van der Waals surface area (Å²) in [5, 5.41) is 7.79. The topological polar surface area (TPSA) is 96.9 Å². The van der Waals surface area contributed by atoms with Crippen LogP contribution in [0.1, 0.15) is 22.3 Å². The van der Waals surface area contributed by atoms with Crippen molar-refractivity contribution in [2.45, 2.75) is 12.8 Å². The molecule has 0 fully saturated rings. The van der Waals surface area contributed by atoms with Crippen LogP contribution in [0, 0.1) is 5.82 Å². The number of rotatable bonds is 3. The van der Waals surface area contributed by atoms with Gasteiger partial charge in [0.05, 0.1) is 16.8 Å². The van der Waals surface area contributed by atoms with Gasteiger partial charge in [0.2, 0.25) is 5.91 Å². The lowest BCUT2D eigenvalue weighted by Gasteiger charge is -2.17. The highest BCUT2D eigenvalue weighted by atomic mass is 32.1. The molecule has 2 aromatic carbocycles. The van der Waals surface area contributed by atoms with Gasteiger partial charge in [-0.1, -0.05) is 6.07 Å². The van der Waals surface area contributed by atoms with Crippen molar-refractivity contribution >= 4 is 45.0 Å². The maximum absolute atomic E-state index is 13.9. The van der Waals surface area contributed by atoms with Gasteiger partial charge in [-0.3, -0.25) is 24.9 Å². The van der Waals surface area contributed by atoms with Gasteiger partial charge in [0.25, 0.3) is 5.91 Å². The molecular weight excluding hydrogens is 405 g/mol. The Morgan fingerprint density at radius 3 is 2.90 bits per heavy atom. The van der Waals surface area contributed by atoms with E-state index in [1.807, 2.05) is 23.6 Å². The van der Waals surface area contributed by atoms with Gasteiger partial charge in [-0.15, -0.1) is 11.3 Å². The molecule has 0 spiro atoms. The monoisotopic (exact) mass is 419 g/mol. The molecule has 5 rings (SSSR count). The number of amides is 2. The molecule has 9 heteroatoms. The Morgan fingerprint density at radius 1 is 1.13 bits per heavy atom. The van der Waals surface area contributed by atoms with Gasteiger partial charge < -0.3 is 5.32 Å². The highest BCUT2D eigenvalue weighted by Crippen LogP contribution is 2.31. The molecule has 1 aliphatic rings. The summed E-state index contributed by atoms with van der Waals surface area (Å²) >= 11 is 1.27. The van der Waals surface area contributed by atoms with E-state index in [2.05, 4.69) is 25.6 Å². The van der Waals surface area contributed by atoms with Crippen LogP contribution in [-0.2, 0) is 11.2 Å². The van der Waals surface area contributed by atoms with Gasteiger partial charge in [-0.05, 0) is 30.2 Å². The summed E-state index contributed by atoms with van der Waals surface area (Å²) < 4.78 is 13.9. The summed E-state index contributed by atoms with van der Waals surface area (Å²) in [5.74, 6) is -1.05. The normalized spacial score (nSPS) is 13.0. The number of fused-ring (bicyclic) bond motifs is 2. The molecule has 2 amide bonds. The number of nitrogens with zero attached hydrogens (tertiary/aromatic N) is 3. The molecule has 4 aromatic rings. The Kier molecular flexibility index (Phi) is 4.44. The molecule has 0 atom stereocenters. The third-order valence-corrected chi connectivity index (χ3v) is 5.56. The van der Waals surface area contributed by atoms with E-state index in [4.69, 9.17) is 0 Å². The Labute approximate surface area is 174 Å². The van der Waals surface area contributed by atoms with E-state index >= 15 is 0 Å². The van der Waals surface area contributed by atoms with Crippen LogP contribution >= 0.6 is 11.3 Å². The van der Waals surface area contributed by atoms with Gasteiger partial charge in [-0.25, -0.2) is 9.37 Å². The van der Waals surface area contributed by atoms with E-state index in [0.717, 1.165) is 22.9 Å². The first-order valence-corrected chi connectivity index (χ1v) is 10.0. The number of nitrogens with one attached hydrogen (secondary N) is 2. The largest absolute Gasteiger partial charge is 0.326 e. The van der Waals surface area contributed by atoms with Gasteiger partial charge in [-0.2, -0.15) is 0 Å². The molecule has 2 aromatic heterocycles. The van der Waals surface area contributed by atoms with E-state index < -0.39 is 11.7 Å². The minimum atomic E-state index is -0.561. The van der Waals surface area contributed by atoms with Crippen LogP contribution in [0.15, 0.2) is 48.1 Å². The van der Waals surface area contributed by atoms with E-state index in [9.17, 15) is 14.0 Å². The van der Waals surface area contributed by atoms with Crippen molar-refractivity contribution in [2.24, 2.45) is 0 Å². The Bertz CT molecular complexity index is 1320. The molecular formula is C21H14FN5O2S. The fourth-order valence-electron chi connectivity index (χ4n) is 3.38. The predicted molar refractivity (Wildman–Crippen MR) is 112 cm³/mol. The van der Waals surface area contributed by atoms with Crippen LogP contribution in [0.25, 0.3) is 22.3 Å². The zero-order valence-electron chi connectivity index (χ0n) is 15.5. The fourth-order valence-corrected chi connectivity index (χ4v) is 4.10. The zero-order chi connectivity index (χ0) is 20.7. The number of aryl methyl sites for hydroxylation is 1. The van der Waals surface area contributed by atoms with E-state index in [-0.39, 0.29) is 11.5 Å². The van der Waals surface area contributed by atoms with E-state index in [0.29, 0.717) is 34.7 Å². The highest BCUT2D eigenvalue weighted by molar-refractivity contribution is 7.14. The lowest BCUT2D eigenvalue weighted by Crippen LogP contribution is -2.18. The average molecular weight is 419 g/mol. The number of halogens is 1. The average Bonchev–Trinajstić information content (AvgIpc) is 3.21. The number of carbonyl (C=O) groups excluding carboxylic acids is 2. The van der Waals surface area contributed by atoms with Crippen molar-refractivity contribution in [3.05, 3.63) is 65.0 Å². The van der Waals surface area contributed by atoms with Crippen molar-refractivity contribution < 1.29 is 14.0 Å². The number of thiazole rings is 1. The summed E-state index contributed by atoms with van der Waals surface area (Å²) in [6, 6.07) is 8.10. The SMILES string of the molecule is O=C1CCc2cc(-c3csc(NC(=O)c4cc(F)cc5nccnc45)n3)ccc2N1. The van der Waals surface area contributed by atoms with Crippen LogP contribution in [0.2, 0.25) is 0 Å². The smallest absolute Gasteiger partial charge is 0.259 e. The highest BCUT2D eigenvalue weighted by Gasteiger charge is 2.18. The third-order valence-electron chi connectivity index (χ3n) is 4.80. The second-order valence-electron chi connectivity index (χ2n) is 6.79. The maximum Gasteiger partial charge on any atom is 0.259 e. The standard InChI is InChI=1S/C21H14FN5O2S/c22-13-8-14(19-16(9-13)23-5-6-24-19)20(29)27-21-26-17(10-30-21)12-1-3-15-11(7-12)2-4-18(28)25-15/h1,3,5-10H,2,4H2,(H,25,28)(H,26,27,29). The van der Waals surface area contributed by atoms with E-state index in [1.54, 1.807) is 0 Å². The zero-order valence-corrected chi connectivity index (χ0v) is 16.3. The molecule has 0 bridgehead atoms. The molecule has 148 valence electrons. The first-order valence-electron chi connectivity index (χ1n) is 9.17. The lowest BCUT2D eigenvalue weighted by molar-refractivity contribution is -0.116. The number of benzene rings is 2. The summed E-state index contributed by atoms with van der Waals surface area (Å²) in [6.07, 6.45) is 4.04. The molecule has 0 saturated heterocycles. The summed E-state index contributed by atoms with van der Waals surface area (Å²) in [5.41, 5.74) is 4.20. The minimum Gasteiger partial charge on any atom is -0.326 e. The Hall–Kier alpha value is -3.72. The van der Waals surface area contributed by atoms with Gasteiger partial charge in [0.15, 0.2) is 5.13 Å². The first kappa shape index (κ1) is 18.3. The predicted octanol–water partition coefficient (Wildman–Crippen LogP) is 4.03. The first-order chi connectivity index (χ1) is 14.6. The van der Waals surface area contributed by atoms with Crippen LogP contribution in [0.4, 0.5) is 15.2 Å². The summed E-state index contributed by atoms with van der Waals surface area (Å²) in [4.78, 5) is 36.9. The van der Waals surface area contributed by atoms with Crippen molar-refractivity contribution in [3.63, 3.8) is 0 Å². The van der Waals surface area contributed by atoms with E-state index in [1.165, 1.54) is 29.8 Å². The van der Waals surface area contributed by atoms with Crippen molar-refractivity contribution in [1.29, 1.82) is 0 Å². The molecule has 0 unspecified atom stereocenters. The number of carbonyl (C=O) groups is 2. The van der Waals surface area contributed by atoms with Gasteiger partial charge in [0, 0.05) is 41.5 Å². The molecule has 0 aliphatic carbocycles. The molecule has 0 radical (unpaired) electrons. The minimum absolute atomic E-state index is 0.0171. The second-order valence-corrected chi connectivity index (χ2v) is 7.65. The van der Waals surface area contributed by atoms with Crippen LogP contribution in [0.5, 0.6) is 0 Å². The number of hydrogen-bond donors (Lipinski definition) is 2. The fraction of sp³-hybridized carbons (Fsp3) is 0.0952. The Balaban J connectivity index is 1.41. The molecule has 2 N–H and O–H groups in total. The molecule has 0 saturated carbocycles. The summed E-state index contributed by atoms with van der Waals surface area (Å²) in [7, 11) is 0. The second kappa shape index (κ2) is 7.27. The van der Waals surface area contributed by atoms with Crippen molar-refractivity contribution in [3.8, 4) is 11.3 Å². The maximum atomic E-state index is 13.9. The number of hydrogen-bond acceptors (Lipinski definition) is 6. The lowest BCUT2D eigenvalue weighted by atomic mass is 9.99. The van der Waals surface area contributed by atoms with Crippen LogP contribution < -0.4 is 10.6 Å². The molecule has 1 aliphatic heterocycles. The Morgan fingerprint density at radius 2 is 2.00 bits per heavy atom. The van der Waals surface area contributed by atoms with Crippen LogP contribution in [-0.4, -0.2) is 26.8 Å². The third kappa shape index (κ3) is 3.39. The van der Waals surface area contributed by atoms with Crippen molar-refractivity contribution in [1.82, 2.24) is 15.0 Å². The molecule has 7 nitrogen and oxygen atoms in total. The number of anilines is 2. The van der Waals surface area contributed by atoms with Gasteiger partial charge >= 0.3 is 0 Å². The van der Waals surface area contributed by atoms with Crippen molar-refractivity contribution in [2.75, 3.05) is 10.6 Å². The molecule has 30 heavy (non-hydrogen) atoms. The summed E-state index contributed by atoms with van der Waals surface area (Å²) in [6.45, 7) is 0. The quantitative estimate of drug-likeness (QED) is 0.523. The number of aromatic nitrogens is 3. The molecule has 3 heterocycles. The van der Waals surface area contributed by atoms with Gasteiger partial charge in [0.1, 0.15) is 11.3 Å².